The number of carbonyl (C=O) groups is 1. The van der Waals surface area contributed by atoms with Crippen molar-refractivity contribution in [2.45, 2.75) is 57.7 Å². The number of benzene rings is 1. The molecule has 1 spiro atoms. The quantitative estimate of drug-likeness (QED) is 0.828. The van der Waals surface area contributed by atoms with Crippen LogP contribution < -0.4 is 9.64 Å². The largest absolute Gasteiger partial charge is 0.491 e. The van der Waals surface area contributed by atoms with E-state index in [4.69, 9.17) is 4.74 Å². The molecule has 1 aromatic carbocycles. The molecule has 1 saturated heterocycles. The third kappa shape index (κ3) is 3.39. The molecule has 1 aromatic heterocycles. The smallest absolute Gasteiger partial charge is 0.233 e. The lowest BCUT2D eigenvalue weighted by Crippen LogP contribution is -2.42. The van der Waals surface area contributed by atoms with Gasteiger partial charge in [0.05, 0.1) is 17.1 Å². The maximum absolute atomic E-state index is 13.3. The van der Waals surface area contributed by atoms with Gasteiger partial charge in [-0.05, 0) is 92.6 Å². The summed E-state index contributed by atoms with van der Waals surface area (Å²) in [6.07, 6.45) is 3.83. The van der Waals surface area contributed by atoms with Crippen molar-refractivity contribution in [3.63, 3.8) is 0 Å². The highest BCUT2D eigenvalue weighted by atomic mass is 32.1. The van der Waals surface area contributed by atoms with Crippen molar-refractivity contribution in [1.82, 2.24) is 0 Å². The summed E-state index contributed by atoms with van der Waals surface area (Å²) in [5.41, 5.74) is 0.862. The van der Waals surface area contributed by atoms with Crippen molar-refractivity contribution in [2.24, 2.45) is 5.41 Å². The Labute approximate surface area is 164 Å². The number of nitrogens with zero attached hydrogens (tertiary/aromatic N) is 1. The van der Waals surface area contributed by atoms with Gasteiger partial charge in [0.2, 0.25) is 5.91 Å². The zero-order valence-electron chi connectivity index (χ0n) is 16.0. The molecule has 2 aromatic rings. The molecular formula is C22H27NO3S. The topological polar surface area (TPSA) is 49.8 Å². The summed E-state index contributed by atoms with van der Waals surface area (Å²) in [4.78, 5) is 15.2. The Morgan fingerprint density at radius 2 is 1.78 bits per heavy atom. The van der Waals surface area contributed by atoms with Gasteiger partial charge in [-0.2, -0.15) is 11.3 Å². The molecule has 0 radical (unpaired) electrons. The fourth-order valence-electron chi connectivity index (χ4n) is 4.47. The Morgan fingerprint density at radius 1 is 1.07 bits per heavy atom. The highest BCUT2D eigenvalue weighted by molar-refractivity contribution is 7.08. The molecule has 1 saturated carbocycles. The first kappa shape index (κ1) is 18.5. The first-order valence-corrected chi connectivity index (χ1v) is 10.7. The van der Waals surface area contributed by atoms with Crippen LogP contribution in [0.25, 0.3) is 0 Å². The number of anilines is 1. The van der Waals surface area contributed by atoms with Crippen LogP contribution in [0.1, 0.15) is 51.5 Å². The zero-order chi connectivity index (χ0) is 19.1. The molecule has 4 rings (SSSR count). The molecule has 1 N–H and O–H groups in total. The van der Waals surface area contributed by atoms with Crippen LogP contribution in [0.4, 0.5) is 5.69 Å². The molecule has 0 bridgehead atoms. The predicted octanol–water partition coefficient (Wildman–Crippen LogP) is 4.72. The van der Waals surface area contributed by atoms with Crippen LogP contribution >= 0.6 is 11.3 Å². The summed E-state index contributed by atoms with van der Waals surface area (Å²) in [7, 11) is 0. The van der Waals surface area contributed by atoms with Crippen LogP contribution in [0.5, 0.6) is 5.75 Å². The maximum atomic E-state index is 13.3. The van der Waals surface area contributed by atoms with Crippen LogP contribution in [-0.4, -0.2) is 23.7 Å². The minimum atomic E-state index is -0.769. The van der Waals surface area contributed by atoms with Crippen LogP contribution in [0.15, 0.2) is 41.1 Å². The van der Waals surface area contributed by atoms with E-state index in [9.17, 15) is 9.90 Å². The Morgan fingerprint density at radius 3 is 2.37 bits per heavy atom. The standard InChI is InChI=1S/C22H27NO3S/c1-16(2)26-19-5-3-18(4-6-19)23-13-12-21(20(23)24)8-10-22(25,11-9-21)17-7-14-27-15-17/h3-7,14-16,25H,8-13H2,1-2H3. The molecule has 2 aliphatic rings. The first-order chi connectivity index (χ1) is 12.9. The van der Waals surface area contributed by atoms with E-state index in [1.165, 1.54) is 0 Å². The van der Waals surface area contributed by atoms with Crippen molar-refractivity contribution in [3.8, 4) is 5.75 Å². The molecule has 5 heteroatoms. The van der Waals surface area contributed by atoms with E-state index in [0.29, 0.717) is 12.8 Å². The molecule has 1 aliphatic heterocycles. The Bertz CT molecular complexity index is 789. The van der Waals surface area contributed by atoms with E-state index in [-0.39, 0.29) is 17.4 Å². The van der Waals surface area contributed by atoms with Gasteiger partial charge in [-0.15, -0.1) is 0 Å². The summed E-state index contributed by atoms with van der Waals surface area (Å²) in [6, 6.07) is 9.82. The number of carbonyl (C=O) groups excluding carboxylic acids is 1. The van der Waals surface area contributed by atoms with Gasteiger partial charge in [0.15, 0.2) is 0 Å². The molecule has 1 aliphatic carbocycles. The number of hydrogen-bond acceptors (Lipinski definition) is 4. The van der Waals surface area contributed by atoms with Gasteiger partial charge < -0.3 is 14.7 Å². The van der Waals surface area contributed by atoms with Crippen LogP contribution in [-0.2, 0) is 10.4 Å². The van der Waals surface area contributed by atoms with Crippen molar-refractivity contribution >= 4 is 22.9 Å². The van der Waals surface area contributed by atoms with Crippen molar-refractivity contribution < 1.29 is 14.6 Å². The van der Waals surface area contributed by atoms with E-state index in [0.717, 1.165) is 42.8 Å². The SMILES string of the molecule is CC(C)Oc1ccc(N2CCC3(CCC(O)(c4ccsc4)CC3)C2=O)cc1. The van der Waals surface area contributed by atoms with E-state index in [1.807, 2.05) is 59.8 Å². The monoisotopic (exact) mass is 385 g/mol. The molecule has 4 nitrogen and oxygen atoms in total. The van der Waals surface area contributed by atoms with Gasteiger partial charge >= 0.3 is 0 Å². The summed E-state index contributed by atoms with van der Waals surface area (Å²) in [5, 5.41) is 15.1. The highest BCUT2D eigenvalue weighted by Crippen LogP contribution is 2.51. The fourth-order valence-corrected chi connectivity index (χ4v) is 5.22. The summed E-state index contributed by atoms with van der Waals surface area (Å²) < 4.78 is 5.70. The van der Waals surface area contributed by atoms with Crippen LogP contribution in [0, 0.1) is 5.41 Å². The van der Waals surface area contributed by atoms with E-state index < -0.39 is 5.60 Å². The second-order valence-corrected chi connectivity index (χ2v) is 8.97. The Hall–Kier alpha value is -1.85. The molecule has 0 unspecified atom stereocenters. The number of amides is 1. The predicted molar refractivity (Wildman–Crippen MR) is 108 cm³/mol. The first-order valence-electron chi connectivity index (χ1n) is 9.76. The molecule has 144 valence electrons. The van der Waals surface area contributed by atoms with Gasteiger partial charge in [0, 0.05) is 12.2 Å². The number of aliphatic hydroxyl groups is 1. The third-order valence-electron chi connectivity index (χ3n) is 6.13. The molecule has 1 amide bonds. The highest BCUT2D eigenvalue weighted by Gasteiger charge is 2.51. The van der Waals surface area contributed by atoms with E-state index in [2.05, 4.69) is 0 Å². The summed E-state index contributed by atoms with van der Waals surface area (Å²) in [6.45, 7) is 4.75. The molecular weight excluding hydrogens is 358 g/mol. The average molecular weight is 386 g/mol. The second-order valence-electron chi connectivity index (χ2n) is 8.19. The number of thiophene rings is 1. The van der Waals surface area contributed by atoms with Crippen molar-refractivity contribution in [3.05, 3.63) is 46.7 Å². The Kier molecular flexibility index (Phi) is 4.77. The van der Waals surface area contributed by atoms with E-state index >= 15 is 0 Å². The Balaban J connectivity index is 1.46. The number of rotatable bonds is 4. The maximum Gasteiger partial charge on any atom is 0.233 e. The van der Waals surface area contributed by atoms with Crippen LogP contribution in [0.3, 0.4) is 0 Å². The van der Waals surface area contributed by atoms with E-state index in [1.54, 1.807) is 11.3 Å². The lowest BCUT2D eigenvalue weighted by Gasteiger charge is -2.40. The van der Waals surface area contributed by atoms with Crippen LogP contribution in [0.2, 0.25) is 0 Å². The van der Waals surface area contributed by atoms with Gasteiger partial charge in [-0.25, -0.2) is 0 Å². The van der Waals surface area contributed by atoms with Gasteiger partial charge in [-0.3, -0.25) is 4.79 Å². The molecule has 2 fully saturated rings. The summed E-state index contributed by atoms with van der Waals surface area (Å²) >= 11 is 1.61. The lowest BCUT2D eigenvalue weighted by molar-refractivity contribution is -0.131. The lowest BCUT2D eigenvalue weighted by atomic mass is 9.66. The fraction of sp³-hybridized carbons (Fsp3) is 0.500. The molecule has 0 atom stereocenters. The van der Waals surface area contributed by atoms with Crippen molar-refractivity contribution in [1.29, 1.82) is 0 Å². The van der Waals surface area contributed by atoms with Gasteiger partial charge in [-0.1, -0.05) is 0 Å². The molecule has 2 heterocycles. The number of hydrogen-bond donors (Lipinski definition) is 1. The minimum Gasteiger partial charge on any atom is -0.491 e. The average Bonchev–Trinajstić information content (AvgIpc) is 3.29. The normalized spacial score (nSPS) is 28.3. The zero-order valence-corrected chi connectivity index (χ0v) is 16.8. The minimum absolute atomic E-state index is 0.136. The van der Waals surface area contributed by atoms with Gasteiger partial charge in [0.25, 0.3) is 0 Å². The van der Waals surface area contributed by atoms with Gasteiger partial charge in [0.1, 0.15) is 5.75 Å². The molecule has 27 heavy (non-hydrogen) atoms. The van der Waals surface area contributed by atoms with Crippen molar-refractivity contribution in [2.75, 3.05) is 11.4 Å². The second kappa shape index (κ2) is 6.95. The number of ether oxygens (including phenoxy) is 1. The summed E-state index contributed by atoms with van der Waals surface area (Å²) in [5.74, 6) is 1.04. The third-order valence-corrected chi connectivity index (χ3v) is 6.81.